The highest BCUT2D eigenvalue weighted by Gasteiger charge is 1.97. The molecule has 0 bridgehead atoms. The summed E-state index contributed by atoms with van der Waals surface area (Å²) in [5.74, 6) is 0.868. The van der Waals surface area contributed by atoms with Gasteiger partial charge in [0.1, 0.15) is 5.75 Å². The van der Waals surface area contributed by atoms with Crippen LogP contribution in [0, 0.1) is 0 Å². The first-order chi connectivity index (χ1) is 8.22. The topological polar surface area (TPSA) is 29.5 Å². The number of hydrogen-bond acceptors (Lipinski definition) is 2. The zero-order chi connectivity index (χ0) is 12.3. The fraction of sp³-hybridized carbons (Fsp3) is 0.200. The summed E-state index contributed by atoms with van der Waals surface area (Å²) in [5.41, 5.74) is 2.06. The van der Waals surface area contributed by atoms with Crippen LogP contribution in [0.2, 0.25) is 0 Å². The molecule has 0 aliphatic carbocycles. The SMILES string of the molecule is COc1ccc2cc(C=C(C)CO)ccc2c1. The van der Waals surface area contributed by atoms with Crippen LogP contribution in [-0.4, -0.2) is 18.8 Å². The van der Waals surface area contributed by atoms with E-state index in [2.05, 4.69) is 12.1 Å². The minimum atomic E-state index is 0.0979. The number of methoxy groups -OCH3 is 1. The van der Waals surface area contributed by atoms with E-state index in [-0.39, 0.29) is 6.61 Å². The van der Waals surface area contributed by atoms with E-state index in [0.29, 0.717) is 0 Å². The molecule has 0 fully saturated rings. The summed E-state index contributed by atoms with van der Waals surface area (Å²) in [6, 6.07) is 12.2. The van der Waals surface area contributed by atoms with E-state index in [9.17, 15) is 0 Å². The number of benzene rings is 2. The van der Waals surface area contributed by atoms with Crippen LogP contribution in [0.5, 0.6) is 5.75 Å². The summed E-state index contributed by atoms with van der Waals surface area (Å²) >= 11 is 0. The summed E-state index contributed by atoms with van der Waals surface area (Å²) < 4.78 is 5.19. The molecule has 2 rings (SSSR count). The van der Waals surface area contributed by atoms with Gasteiger partial charge in [-0.05, 0) is 47.0 Å². The summed E-state index contributed by atoms with van der Waals surface area (Å²) in [5, 5.41) is 11.3. The average Bonchev–Trinajstić information content (AvgIpc) is 2.38. The van der Waals surface area contributed by atoms with Crippen LogP contribution in [0.1, 0.15) is 12.5 Å². The van der Waals surface area contributed by atoms with E-state index in [1.807, 2.05) is 37.3 Å². The predicted molar refractivity (Wildman–Crippen MR) is 71.2 cm³/mol. The number of ether oxygens (including phenoxy) is 1. The maximum atomic E-state index is 8.99. The minimum Gasteiger partial charge on any atom is -0.497 e. The van der Waals surface area contributed by atoms with Crippen molar-refractivity contribution in [1.82, 2.24) is 0 Å². The third-order valence-corrected chi connectivity index (χ3v) is 2.73. The predicted octanol–water partition coefficient (Wildman–Crippen LogP) is 3.24. The minimum absolute atomic E-state index is 0.0979. The first-order valence-electron chi connectivity index (χ1n) is 5.59. The Kier molecular flexibility index (Phi) is 3.45. The molecule has 0 atom stereocenters. The normalized spacial score (nSPS) is 11.8. The van der Waals surface area contributed by atoms with Crippen molar-refractivity contribution >= 4 is 16.8 Å². The van der Waals surface area contributed by atoms with Crippen LogP contribution in [0.4, 0.5) is 0 Å². The number of fused-ring (bicyclic) bond motifs is 1. The summed E-state index contributed by atoms with van der Waals surface area (Å²) in [6.07, 6.45) is 1.99. The summed E-state index contributed by atoms with van der Waals surface area (Å²) in [4.78, 5) is 0. The van der Waals surface area contributed by atoms with Crippen LogP contribution >= 0.6 is 0 Å². The highest BCUT2D eigenvalue weighted by molar-refractivity contribution is 5.86. The molecule has 1 N–H and O–H groups in total. The van der Waals surface area contributed by atoms with Gasteiger partial charge >= 0.3 is 0 Å². The largest absolute Gasteiger partial charge is 0.497 e. The van der Waals surface area contributed by atoms with Crippen LogP contribution in [0.25, 0.3) is 16.8 Å². The van der Waals surface area contributed by atoms with E-state index < -0.39 is 0 Å². The van der Waals surface area contributed by atoms with Gasteiger partial charge in [0.2, 0.25) is 0 Å². The van der Waals surface area contributed by atoms with Crippen molar-refractivity contribution in [2.45, 2.75) is 6.92 Å². The Morgan fingerprint density at radius 2 is 1.88 bits per heavy atom. The second-order valence-electron chi connectivity index (χ2n) is 4.12. The molecule has 0 saturated heterocycles. The molecule has 0 amide bonds. The molecule has 2 nitrogen and oxygen atoms in total. The van der Waals surface area contributed by atoms with Crippen LogP contribution in [-0.2, 0) is 0 Å². The fourth-order valence-electron chi connectivity index (χ4n) is 1.79. The van der Waals surface area contributed by atoms with Crippen LogP contribution in [0.15, 0.2) is 42.0 Å². The molecular weight excluding hydrogens is 212 g/mol. The van der Waals surface area contributed by atoms with Gasteiger partial charge in [0.05, 0.1) is 13.7 Å². The van der Waals surface area contributed by atoms with Crippen LogP contribution < -0.4 is 4.74 Å². The Morgan fingerprint density at radius 3 is 2.59 bits per heavy atom. The Morgan fingerprint density at radius 1 is 1.18 bits per heavy atom. The van der Waals surface area contributed by atoms with Gasteiger partial charge < -0.3 is 9.84 Å². The maximum absolute atomic E-state index is 8.99. The van der Waals surface area contributed by atoms with Gasteiger partial charge in [0.15, 0.2) is 0 Å². The summed E-state index contributed by atoms with van der Waals surface area (Å²) in [7, 11) is 1.67. The third-order valence-electron chi connectivity index (χ3n) is 2.73. The fourth-order valence-corrected chi connectivity index (χ4v) is 1.79. The highest BCUT2D eigenvalue weighted by atomic mass is 16.5. The zero-order valence-electron chi connectivity index (χ0n) is 10.1. The Labute approximate surface area is 101 Å². The first-order valence-corrected chi connectivity index (χ1v) is 5.59. The lowest BCUT2D eigenvalue weighted by atomic mass is 10.1. The van der Waals surface area contributed by atoms with Crippen molar-refractivity contribution in [1.29, 1.82) is 0 Å². The molecule has 0 aliphatic heterocycles. The van der Waals surface area contributed by atoms with Crippen molar-refractivity contribution in [3.05, 3.63) is 47.5 Å². The molecule has 2 aromatic carbocycles. The van der Waals surface area contributed by atoms with Crippen molar-refractivity contribution in [3.63, 3.8) is 0 Å². The van der Waals surface area contributed by atoms with E-state index in [1.165, 1.54) is 5.39 Å². The van der Waals surface area contributed by atoms with E-state index in [1.54, 1.807) is 7.11 Å². The van der Waals surface area contributed by atoms with Crippen molar-refractivity contribution in [2.24, 2.45) is 0 Å². The number of aliphatic hydroxyl groups is 1. The Balaban J connectivity index is 2.45. The molecule has 0 heterocycles. The molecule has 2 aromatic rings. The van der Waals surface area contributed by atoms with E-state index in [0.717, 1.165) is 22.3 Å². The second-order valence-corrected chi connectivity index (χ2v) is 4.12. The summed E-state index contributed by atoms with van der Waals surface area (Å²) in [6.45, 7) is 2.01. The second kappa shape index (κ2) is 5.02. The number of hydrogen-bond donors (Lipinski definition) is 1. The standard InChI is InChI=1S/C15H16O2/c1-11(10-16)7-12-3-4-14-9-15(17-2)6-5-13(14)8-12/h3-9,16H,10H2,1-2H3. The van der Waals surface area contributed by atoms with Gasteiger partial charge in [-0.1, -0.05) is 24.3 Å². The van der Waals surface area contributed by atoms with Gasteiger partial charge in [0, 0.05) is 0 Å². The lowest BCUT2D eigenvalue weighted by Gasteiger charge is -2.04. The molecule has 0 saturated carbocycles. The van der Waals surface area contributed by atoms with Crippen molar-refractivity contribution in [3.8, 4) is 5.75 Å². The quantitative estimate of drug-likeness (QED) is 0.873. The molecule has 0 aromatic heterocycles. The monoisotopic (exact) mass is 228 g/mol. The molecule has 17 heavy (non-hydrogen) atoms. The van der Waals surface area contributed by atoms with Gasteiger partial charge in [-0.3, -0.25) is 0 Å². The molecule has 0 radical (unpaired) electrons. The molecule has 0 unspecified atom stereocenters. The van der Waals surface area contributed by atoms with Crippen molar-refractivity contribution in [2.75, 3.05) is 13.7 Å². The third kappa shape index (κ3) is 2.66. The first kappa shape index (κ1) is 11.7. The molecular formula is C15H16O2. The van der Waals surface area contributed by atoms with Gasteiger partial charge in [-0.25, -0.2) is 0 Å². The highest BCUT2D eigenvalue weighted by Crippen LogP contribution is 2.22. The molecule has 88 valence electrons. The lowest BCUT2D eigenvalue weighted by molar-refractivity contribution is 0.332. The van der Waals surface area contributed by atoms with Gasteiger partial charge in [-0.15, -0.1) is 0 Å². The van der Waals surface area contributed by atoms with E-state index in [4.69, 9.17) is 9.84 Å². The lowest BCUT2D eigenvalue weighted by Crippen LogP contribution is -1.85. The Bertz CT molecular complexity index is 556. The van der Waals surface area contributed by atoms with Crippen LogP contribution in [0.3, 0.4) is 0 Å². The smallest absolute Gasteiger partial charge is 0.119 e. The molecule has 0 spiro atoms. The molecule has 0 aliphatic rings. The van der Waals surface area contributed by atoms with Gasteiger partial charge in [0.25, 0.3) is 0 Å². The number of rotatable bonds is 3. The Hall–Kier alpha value is -1.80. The number of aliphatic hydroxyl groups excluding tert-OH is 1. The average molecular weight is 228 g/mol. The van der Waals surface area contributed by atoms with Gasteiger partial charge in [-0.2, -0.15) is 0 Å². The maximum Gasteiger partial charge on any atom is 0.119 e. The van der Waals surface area contributed by atoms with E-state index >= 15 is 0 Å². The zero-order valence-corrected chi connectivity index (χ0v) is 10.1. The van der Waals surface area contributed by atoms with Crippen molar-refractivity contribution < 1.29 is 9.84 Å². The molecule has 2 heteroatoms.